The fourth-order valence-corrected chi connectivity index (χ4v) is 2.20. The predicted molar refractivity (Wildman–Crippen MR) is 64.0 cm³/mol. The van der Waals surface area contributed by atoms with Crippen molar-refractivity contribution in [3.63, 3.8) is 0 Å². The number of hydrogen-bond donors (Lipinski definition) is 0. The first-order valence-corrected chi connectivity index (χ1v) is 5.70. The molecule has 6 heteroatoms. The Kier molecular flexibility index (Phi) is 2.89. The summed E-state index contributed by atoms with van der Waals surface area (Å²) in [5.74, 6) is 0. The van der Waals surface area contributed by atoms with Crippen LogP contribution in [-0.2, 0) is 0 Å². The maximum atomic E-state index is 10.5. The van der Waals surface area contributed by atoms with Crippen molar-refractivity contribution in [3.8, 4) is 11.3 Å². The van der Waals surface area contributed by atoms with Crippen molar-refractivity contribution in [3.05, 3.63) is 43.7 Å². The number of non-ortho nitro benzene ring substituents is 1. The van der Waals surface area contributed by atoms with Gasteiger partial charge in [-0.05, 0) is 13.0 Å². The first-order chi connectivity index (χ1) is 7.58. The van der Waals surface area contributed by atoms with Gasteiger partial charge >= 0.3 is 0 Å². The van der Waals surface area contributed by atoms with Gasteiger partial charge in [-0.25, -0.2) is 4.98 Å². The van der Waals surface area contributed by atoms with Gasteiger partial charge in [0.1, 0.15) is 0 Å². The molecule has 0 bridgehead atoms. The van der Waals surface area contributed by atoms with Crippen LogP contribution in [-0.4, -0.2) is 9.91 Å². The molecular weight excluding hydrogens is 248 g/mol. The molecule has 1 heterocycles. The Morgan fingerprint density at radius 2 is 2.25 bits per heavy atom. The molecule has 0 N–H and O–H groups in total. The van der Waals surface area contributed by atoms with Gasteiger partial charge in [0.2, 0.25) is 0 Å². The van der Waals surface area contributed by atoms with E-state index in [2.05, 4.69) is 4.98 Å². The van der Waals surface area contributed by atoms with E-state index in [0.717, 1.165) is 16.3 Å². The summed E-state index contributed by atoms with van der Waals surface area (Å²) in [5, 5.41) is 13.7. The fourth-order valence-electron chi connectivity index (χ4n) is 1.31. The van der Waals surface area contributed by atoms with Crippen LogP contribution in [0.2, 0.25) is 5.02 Å². The Morgan fingerprint density at radius 3 is 2.75 bits per heavy atom. The molecule has 0 fully saturated rings. The van der Waals surface area contributed by atoms with Crippen molar-refractivity contribution in [2.75, 3.05) is 0 Å². The number of nitro groups is 1. The van der Waals surface area contributed by atoms with Crippen LogP contribution in [0.25, 0.3) is 11.3 Å². The van der Waals surface area contributed by atoms with Crippen LogP contribution in [0.4, 0.5) is 5.69 Å². The molecule has 0 saturated heterocycles. The lowest BCUT2D eigenvalue weighted by atomic mass is 10.1. The maximum absolute atomic E-state index is 10.5. The number of thiazole rings is 1. The van der Waals surface area contributed by atoms with Crippen LogP contribution < -0.4 is 0 Å². The third-order valence-electron chi connectivity index (χ3n) is 2.06. The van der Waals surface area contributed by atoms with E-state index in [0.29, 0.717) is 5.02 Å². The molecule has 0 aliphatic rings. The minimum Gasteiger partial charge on any atom is -0.258 e. The van der Waals surface area contributed by atoms with E-state index in [1.165, 1.54) is 23.5 Å². The molecule has 0 aliphatic carbocycles. The van der Waals surface area contributed by atoms with E-state index >= 15 is 0 Å². The van der Waals surface area contributed by atoms with Crippen molar-refractivity contribution in [1.82, 2.24) is 4.98 Å². The van der Waals surface area contributed by atoms with Gasteiger partial charge in [-0.15, -0.1) is 11.3 Å². The number of rotatable bonds is 2. The first-order valence-electron chi connectivity index (χ1n) is 4.44. The normalized spacial score (nSPS) is 10.4. The van der Waals surface area contributed by atoms with E-state index in [1.807, 2.05) is 12.3 Å². The number of halogens is 1. The van der Waals surface area contributed by atoms with E-state index < -0.39 is 4.92 Å². The zero-order valence-electron chi connectivity index (χ0n) is 8.31. The van der Waals surface area contributed by atoms with Gasteiger partial charge < -0.3 is 0 Å². The Bertz CT molecular complexity index is 554. The smallest absolute Gasteiger partial charge is 0.258 e. The first kappa shape index (κ1) is 11.0. The topological polar surface area (TPSA) is 56.0 Å². The lowest BCUT2D eigenvalue weighted by molar-refractivity contribution is -0.384. The summed E-state index contributed by atoms with van der Waals surface area (Å²) < 4.78 is 0. The monoisotopic (exact) mass is 254 g/mol. The lowest BCUT2D eigenvalue weighted by Crippen LogP contribution is -1.88. The molecule has 0 aliphatic heterocycles. The highest BCUT2D eigenvalue weighted by atomic mass is 35.5. The van der Waals surface area contributed by atoms with E-state index in [4.69, 9.17) is 11.6 Å². The molecule has 0 unspecified atom stereocenters. The quantitative estimate of drug-likeness (QED) is 0.607. The molecule has 4 nitrogen and oxygen atoms in total. The number of nitro benzene ring substituents is 1. The Balaban J connectivity index is 2.47. The fraction of sp³-hybridized carbons (Fsp3) is 0.100. The van der Waals surface area contributed by atoms with E-state index in [9.17, 15) is 10.1 Å². The zero-order valence-corrected chi connectivity index (χ0v) is 9.88. The Morgan fingerprint density at radius 1 is 1.50 bits per heavy atom. The van der Waals surface area contributed by atoms with Crippen LogP contribution >= 0.6 is 22.9 Å². The molecule has 1 aromatic heterocycles. The maximum Gasteiger partial charge on any atom is 0.270 e. The molecule has 0 amide bonds. The zero-order chi connectivity index (χ0) is 11.7. The van der Waals surface area contributed by atoms with Gasteiger partial charge in [0.25, 0.3) is 5.69 Å². The number of aryl methyl sites for hydroxylation is 1. The van der Waals surface area contributed by atoms with Crippen molar-refractivity contribution < 1.29 is 4.92 Å². The molecule has 0 saturated carbocycles. The highest BCUT2D eigenvalue weighted by molar-refractivity contribution is 7.09. The molecule has 82 valence electrons. The van der Waals surface area contributed by atoms with Gasteiger partial charge in [0.05, 0.1) is 20.6 Å². The van der Waals surface area contributed by atoms with Gasteiger partial charge in [-0.2, -0.15) is 0 Å². The number of aromatic nitrogens is 1. The average molecular weight is 255 g/mol. The minimum atomic E-state index is -0.470. The molecule has 1 aromatic carbocycles. The summed E-state index contributed by atoms with van der Waals surface area (Å²) in [5.41, 5.74) is 1.46. The molecule has 0 radical (unpaired) electrons. The molecule has 2 rings (SSSR count). The second-order valence-electron chi connectivity index (χ2n) is 3.17. The highest BCUT2D eigenvalue weighted by Crippen LogP contribution is 2.31. The van der Waals surface area contributed by atoms with E-state index in [1.54, 1.807) is 6.07 Å². The van der Waals surface area contributed by atoms with Crippen LogP contribution in [0.3, 0.4) is 0 Å². The molecular formula is C10H7ClN2O2S. The van der Waals surface area contributed by atoms with Crippen LogP contribution in [0.5, 0.6) is 0 Å². The minimum absolute atomic E-state index is 0.0132. The largest absolute Gasteiger partial charge is 0.270 e. The van der Waals surface area contributed by atoms with Crippen LogP contribution in [0.1, 0.15) is 5.01 Å². The van der Waals surface area contributed by atoms with E-state index in [-0.39, 0.29) is 5.69 Å². The summed E-state index contributed by atoms with van der Waals surface area (Å²) in [7, 11) is 0. The van der Waals surface area contributed by atoms with Crippen molar-refractivity contribution in [2.24, 2.45) is 0 Å². The van der Waals surface area contributed by atoms with Crippen molar-refractivity contribution in [1.29, 1.82) is 0 Å². The SMILES string of the molecule is Cc1nc(-c2ccc([N+](=O)[O-])cc2Cl)cs1. The second-order valence-corrected chi connectivity index (χ2v) is 4.64. The summed E-state index contributed by atoms with van der Waals surface area (Å²) in [6.07, 6.45) is 0. The van der Waals surface area contributed by atoms with Gasteiger partial charge in [-0.1, -0.05) is 11.6 Å². The summed E-state index contributed by atoms with van der Waals surface area (Å²) in [6.45, 7) is 1.90. The molecule has 0 atom stereocenters. The number of hydrogen-bond acceptors (Lipinski definition) is 4. The summed E-state index contributed by atoms with van der Waals surface area (Å²) >= 11 is 7.49. The van der Waals surface area contributed by atoms with Gasteiger partial charge in [0, 0.05) is 23.1 Å². The standard InChI is InChI=1S/C10H7ClN2O2S/c1-6-12-10(5-16-6)8-3-2-7(13(14)15)4-9(8)11/h2-5H,1H3. The summed E-state index contributed by atoms with van der Waals surface area (Å²) in [4.78, 5) is 14.3. The summed E-state index contributed by atoms with van der Waals surface area (Å²) in [6, 6.07) is 4.39. The second kappa shape index (κ2) is 4.19. The third-order valence-corrected chi connectivity index (χ3v) is 3.14. The molecule has 16 heavy (non-hydrogen) atoms. The van der Waals surface area contributed by atoms with Gasteiger partial charge in [0.15, 0.2) is 0 Å². The third kappa shape index (κ3) is 2.05. The predicted octanol–water partition coefficient (Wildman–Crippen LogP) is 3.68. The number of benzene rings is 1. The lowest BCUT2D eigenvalue weighted by Gasteiger charge is -2.00. The van der Waals surface area contributed by atoms with Crippen LogP contribution in [0, 0.1) is 17.0 Å². The average Bonchev–Trinajstić information content (AvgIpc) is 2.64. The van der Waals surface area contributed by atoms with Crippen molar-refractivity contribution >= 4 is 28.6 Å². The Hall–Kier alpha value is -1.46. The Labute approximate surface area is 101 Å². The van der Waals surface area contributed by atoms with Crippen LogP contribution in [0.15, 0.2) is 23.6 Å². The molecule has 2 aromatic rings. The van der Waals surface area contributed by atoms with Crippen molar-refractivity contribution in [2.45, 2.75) is 6.92 Å². The highest BCUT2D eigenvalue weighted by Gasteiger charge is 2.12. The molecule has 0 spiro atoms. The number of nitrogens with zero attached hydrogens (tertiary/aromatic N) is 2. The van der Waals surface area contributed by atoms with Gasteiger partial charge in [-0.3, -0.25) is 10.1 Å².